The zero-order chi connectivity index (χ0) is 14.9. The Labute approximate surface area is 130 Å². The first-order valence-corrected chi connectivity index (χ1v) is 7.08. The van der Waals surface area contributed by atoms with Gasteiger partial charge in [-0.15, -0.1) is 0 Å². The summed E-state index contributed by atoms with van der Waals surface area (Å²) in [5, 5.41) is 10.4. The molecule has 0 aliphatic rings. The van der Waals surface area contributed by atoms with E-state index < -0.39 is 11.9 Å². The third-order valence-electron chi connectivity index (χ3n) is 3.04. The molecule has 0 saturated heterocycles. The number of methoxy groups -OCH3 is 1. The van der Waals surface area contributed by atoms with Gasteiger partial charge in [0.1, 0.15) is 17.7 Å². The Morgan fingerprint density at radius 2 is 1.95 bits per heavy atom. The summed E-state index contributed by atoms with van der Waals surface area (Å²) in [6.45, 7) is 1.89. The van der Waals surface area contributed by atoms with Gasteiger partial charge in [0.25, 0.3) is 0 Å². The van der Waals surface area contributed by atoms with Crippen LogP contribution in [0.1, 0.15) is 22.8 Å². The maximum Gasteiger partial charge on any atom is 0.149 e. The molecule has 0 aromatic heterocycles. The van der Waals surface area contributed by atoms with E-state index in [0.29, 0.717) is 15.8 Å². The van der Waals surface area contributed by atoms with Crippen molar-refractivity contribution in [1.29, 1.82) is 0 Å². The Bertz CT molecular complexity index is 646. The summed E-state index contributed by atoms with van der Waals surface area (Å²) < 4.78 is 19.8. The van der Waals surface area contributed by atoms with Crippen molar-refractivity contribution in [3.8, 4) is 5.75 Å². The average Bonchev–Trinajstić information content (AvgIpc) is 2.44. The molecule has 1 unspecified atom stereocenters. The average molecular weight is 360 g/mol. The van der Waals surface area contributed by atoms with Gasteiger partial charge in [-0.3, -0.25) is 0 Å². The molecule has 0 fully saturated rings. The lowest BCUT2D eigenvalue weighted by Gasteiger charge is -2.17. The van der Waals surface area contributed by atoms with Crippen LogP contribution < -0.4 is 4.74 Å². The molecular weight excluding hydrogens is 347 g/mol. The third-order valence-corrected chi connectivity index (χ3v) is 4.30. The fourth-order valence-electron chi connectivity index (χ4n) is 1.99. The lowest BCUT2D eigenvalue weighted by molar-refractivity contribution is 0.209. The van der Waals surface area contributed by atoms with E-state index >= 15 is 0 Å². The number of halogens is 3. The fraction of sp³-hybridized carbons (Fsp3) is 0.200. The van der Waals surface area contributed by atoms with Gasteiger partial charge in [-0.2, -0.15) is 0 Å². The van der Waals surface area contributed by atoms with E-state index in [-0.39, 0.29) is 10.6 Å². The highest BCUT2D eigenvalue weighted by molar-refractivity contribution is 9.10. The van der Waals surface area contributed by atoms with Gasteiger partial charge in [-0.1, -0.05) is 29.3 Å². The van der Waals surface area contributed by atoms with Crippen LogP contribution in [0.2, 0.25) is 5.02 Å². The summed E-state index contributed by atoms with van der Waals surface area (Å²) in [7, 11) is 1.51. The SMILES string of the molecule is COc1ccc(C)cc1C(O)c1ccc(Br)c(Cl)c1F. The summed E-state index contributed by atoms with van der Waals surface area (Å²) in [6.07, 6.45) is -1.14. The number of ether oxygens (including phenoxy) is 1. The molecule has 1 N–H and O–H groups in total. The minimum atomic E-state index is -1.14. The number of aliphatic hydroxyl groups excluding tert-OH is 1. The molecule has 0 heterocycles. The molecule has 0 spiro atoms. The largest absolute Gasteiger partial charge is 0.496 e. The van der Waals surface area contributed by atoms with Crippen LogP contribution in [0.3, 0.4) is 0 Å². The fourth-order valence-corrected chi connectivity index (χ4v) is 2.47. The highest BCUT2D eigenvalue weighted by Gasteiger charge is 2.21. The molecule has 106 valence electrons. The lowest BCUT2D eigenvalue weighted by atomic mass is 9.98. The quantitative estimate of drug-likeness (QED) is 0.809. The molecule has 0 aliphatic heterocycles. The molecule has 1 atom stereocenters. The van der Waals surface area contributed by atoms with Gasteiger partial charge in [-0.05, 0) is 41.1 Å². The molecule has 0 amide bonds. The van der Waals surface area contributed by atoms with Crippen LogP contribution in [-0.2, 0) is 0 Å². The molecule has 20 heavy (non-hydrogen) atoms. The third kappa shape index (κ3) is 2.82. The summed E-state index contributed by atoms with van der Waals surface area (Å²) in [4.78, 5) is 0. The first kappa shape index (κ1) is 15.3. The highest BCUT2D eigenvalue weighted by Crippen LogP contribution is 2.36. The normalized spacial score (nSPS) is 12.3. The molecule has 2 rings (SSSR count). The summed E-state index contributed by atoms with van der Waals surface area (Å²) >= 11 is 9.00. The van der Waals surface area contributed by atoms with E-state index in [9.17, 15) is 9.50 Å². The second-order valence-corrected chi connectivity index (χ2v) is 5.64. The van der Waals surface area contributed by atoms with Crippen molar-refractivity contribution in [1.82, 2.24) is 0 Å². The van der Waals surface area contributed by atoms with Gasteiger partial charge in [0, 0.05) is 15.6 Å². The number of rotatable bonds is 3. The topological polar surface area (TPSA) is 29.5 Å². The molecule has 5 heteroatoms. The van der Waals surface area contributed by atoms with Crippen molar-refractivity contribution in [2.45, 2.75) is 13.0 Å². The van der Waals surface area contributed by atoms with E-state index in [1.54, 1.807) is 18.2 Å². The van der Waals surface area contributed by atoms with E-state index in [1.807, 2.05) is 13.0 Å². The smallest absolute Gasteiger partial charge is 0.149 e. The maximum absolute atomic E-state index is 14.2. The molecule has 2 aromatic rings. The van der Waals surface area contributed by atoms with Gasteiger partial charge >= 0.3 is 0 Å². The van der Waals surface area contributed by atoms with E-state index in [0.717, 1.165) is 5.56 Å². The molecule has 0 radical (unpaired) electrons. The van der Waals surface area contributed by atoms with Gasteiger partial charge < -0.3 is 9.84 Å². The van der Waals surface area contributed by atoms with E-state index in [1.165, 1.54) is 13.2 Å². The first-order chi connectivity index (χ1) is 9.45. The standard InChI is InChI=1S/C15H13BrClFO2/c1-8-3-6-12(20-2)10(7-8)15(19)9-4-5-11(16)13(17)14(9)18/h3-7,15,19H,1-2H3. The van der Waals surface area contributed by atoms with Crippen LogP contribution in [-0.4, -0.2) is 12.2 Å². The van der Waals surface area contributed by atoms with Crippen LogP contribution in [0.5, 0.6) is 5.75 Å². The van der Waals surface area contributed by atoms with E-state index in [2.05, 4.69) is 15.9 Å². The molecule has 2 nitrogen and oxygen atoms in total. The predicted molar refractivity (Wildman–Crippen MR) is 80.9 cm³/mol. The van der Waals surface area contributed by atoms with Crippen LogP contribution in [0.4, 0.5) is 4.39 Å². The van der Waals surface area contributed by atoms with Crippen molar-refractivity contribution in [2.24, 2.45) is 0 Å². The Balaban J connectivity index is 2.54. The van der Waals surface area contributed by atoms with Gasteiger partial charge in [0.05, 0.1) is 12.1 Å². The lowest BCUT2D eigenvalue weighted by Crippen LogP contribution is -2.05. The number of hydrogen-bond acceptors (Lipinski definition) is 2. The Hall–Kier alpha value is -1.10. The molecule has 0 aliphatic carbocycles. The Morgan fingerprint density at radius 1 is 1.25 bits per heavy atom. The van der Waals surface area contributed by atoms with Crippen molar-refractivity contribution >= 4 is 27.5 Å². The molecular formula is C15H13BrClFO2. The molecule has 0 saturated carbocycles. The minimum absolute atomic E-state index is 0.0480. The highest BCUT2D eigenvalue weighted by atomic mass is 79.9. The van der Waals surface area contributed by atoms with Crippen LogP contribution in [0.25, 0.3) is 0 Å². The van der Waals surface area contributed by atoms with Crippen molar-refractivity contribution in [3.05, 3.63) is 62.3 Å². The molecule has 0 bridgehead atoms. The second kappa shape index (κ2) is 6.12. The van der Waals surface area contributed by atoms with Gasteiger partial charge in [-0.25, -0.2) is 4.39 Å². The zero-order valence-electron chi connectivity index (χ0n) is 11.0. The van der Waals surface area contributed by atoms with E-state index in [4.69, 9.17) is 16.3 Å². The predicted octanol–water partition coefficient (Wildman–Crippen LogP) is 4.64. The summed E-state index contributed by atoms with van der Waals surface area (Å²) in [5.74, 6) is -0.140. The zero-order valence-corrected chi connectivity index (χ0v) is 13.3. The second-order valence-electron chi connectivity index (χ2n) is 4.41. The van der Waals surface area contributed by atoms with Gasteiger partial charge in [0.2, 0.25) is 0 Å². The van der Waals surface area contributed by atoms with Crippen LogP contribution >= 0.6 is 27.5 Å². The number of aliphatic hydroxyl groups is 1. The van der Waals surface area contributed by atoms with Crippen molar-refractivity contribution in [2.75, 3.05) is 7.11 Å². The summed E-state index contributed by atoms with van der Waals surface area (Å²) in [6, 6.07) is 8.47. The number of benzene rings is 2. The Kier molecular flexibility index (Phi) is 4.68. The molecule has 2 aromatic carbocycles. The Morgan fingerprint density at radius 3 is 2.60 bits per heavy atom. The number of hydrogen-bond donors (Lipinski definition) is 1. The van der Waals surface area contributed by atoms with Crippen molar-refractivity contribution in [3.63, 3.8) is 0 Å². The van der Waals surface area contributed by atoms with Gasteiger partial charge in [0.15, 0.2) is 0 Å². The minimum Gasteiger partial charge on any atom is -0.496 e. The first-order valence-electron chi connectivity index (χ1n) is 5.91. The van der Waals surface area contributed by atoms with Crippen LogP contribution in [0.15, 0.2) is 34.8 Å². The van der Waals surface area contributed by atoms with Crippen LogP contribution in [0, 0.1) is 12.7 Å². The number of aryl methyl sites for hydroxylation is 1. The monoisotopic (exact) mass is 358 g/mol. The maximum atomic E-state index is 14.2. The van der Waals surface area contributed by atoms with Crippen molar-refractivity contribution < 1.29 is 14.2 Å². The summed E-state index contributed by atoms with van der Waals surface area (Å²) in [5.41, 5.74) is 1.57.